The van der Waals surface area contributed by atoms with E-state index in [-0.39, 0.29) is 0 Å². The third-order valence-electron chi connectivity index (χ3n) is 3.14. The van der Waals surface area contributed by atoms with Gasteiger partial charge >= 0.3 is 0 Å². The summed E-state index contributed by atoms with van der Waals surface area (Å²) in [6.45, 7) is 6.95. The van der Waals surface area contributed by atoms with Gasteiger partial charge in [-0.3, -0.25) is 0 Å². The summed E-state index contributed by atoms with van der Waals surface area (Å²) in [5.41, 5.74) is 3.48. The minimum Gasteiger partial charge on any atom is -0.493 e. The smallest absolute Gasteiger partial charge is 0.119 e. The summed E-state index contributed by atoms with van der Waals surface area (Å²) in [6.07, 6.45) is 0. The normalized spacial score (nSPS) is 11.7. The second kappa shape index (κ2) is 6.93. The van der Waals surface area contributed by atoms with Gasteiger partial charge in [-0.2, -0.15) is 0 Å². The lowest BCUT2D eigenvalue weighted by atomic mass is 10.0. The van der Waals surface area contributed by atoms with Crippen LogP contribution in [0.15, 0.2) is 53.7 Å². The van der Waals surface area contributed by atoms with Crippen molar-refractivity contribution in [1.29, 1.82) is 0 Å². The van der Waals surface area contributed by atoms with Crippen LogP contribution in [0.2, 0.25) is 0 Å². The monoisotopic (exact) mass is 283 g/mol. The number of hydrogen-bond donors (Lipinski definition) is 1. The zero-order valence-electron chi connectivity index (χ0n) is 12.7. The van der Waals surface area contributed by atoms with Gasteiger partial charge in [0.2, 0.25) is 0 Å². The molecule has 0 unspecified atom stereocenters. The van der Waals surface area contributed by atoms with Crippen LogP contribution in [0.5, 0.6) is 5.75 Å². The molecule has 2 aromatic carbocycles. The molecule has 0 aliphatic heterocycles. The Kier molecular flexibility index (Phi) is 4.99. The van der Waals surface area contributed by atoms with Crippen molar-refractivity contribution < 1.29 is 9.94 Å². The van der Waals surface area contributed by atoms with Crippen LogP contribution >= 0.6 is 0 Å². The Bertz CT molecular complexity index is 598. The van der Waals surface area contributed by atoms with Gasteiger partial charge < -0.3 is 9.94 Å². The molecule has 0 aromatic heterocycles. The first kappa shape index (κ1) is 15.1. The SMILES string of the molecule is Cc1ccc(C(=NO)c2ccc(OCC(C)C)cc2)cc1. The van der Waals surface area contributed by atoms with E-state index in [1.54, 1.807) is 0 Å². The third-order valence-corrected chi connectivity index (χ3v) is 3.14. The van der Waals surface area contributed by atoms with Crippen molar-refractivity contribution in [2.45, 2.75) is 20.8 Å². The molecular weight excluding hydrogens is 262 g/mol. The molecule has 110 valence electrons. The van der Waals surface area contributed by atoms with Crippen LogP contribution in [-0.4, -0.2) is 17.5 Å². The number of aryl methyl sites for hydroxylation is 1. The maximum absolute atomic E-state index is 9.30. The quantitative estimate of drug-likeness (QED) is 0.506. The molecule has 0 saturated heterocycles. The number of oxime groups is 1. The van der Waals surface area contributed by atoms with Crippen LogP contribution in [0.25, 0.3) is 0 Å². The van der Waals surface area contributed by atoms with Crippen LogP contribution < -0.4 is 4.74 Å². The molecule has 2 rings (SSSR count). The topological polar surface area (TPSA) is 41.8 Å². The van der Waals surface area contributed by atoms with Crippen molar-refractivity contribution in [3.63, 3.8) is 0 Å². The molecule has 3 heteroatoms. The van der Waals surface area contributed by atoms with Crippen molar-refractivity contribution in [2.24, 2.45) is 11.1 Å². The Morgan fingerprint density at radius 1 is 1.00 bits per heavy atom. The third kappa shape index (κ3) is 4.09. The fraction of sp³-hybridized carbons (Fsp3) is 0.278. The van der Waals surface area contributed by atoms with Crippen LogP contribution in [-0.2, 0) is 0 Å². The fourth-order valence-corrected chi connectivity index (χ4v) is 1.97. The first-order valence-electron chi connectivity index (χ1n) is 7.12. The molecule has 0 heterocycles. The van der Waals surface area contributed by atoms with Gasteiger partial charge in [0.1, 0.15) is 11.5 Å². The molecule has 1 N–H and O–H groups in total. The molecule has 0 bridgehead atoms. The second-order valence-corrected chi connectivity index (χ2v) is 5.54. The van der Waals surface area contributed by atoms with Gasteiger partial charge in [0.15, 0.2) is 0 Å². The van der Waals surface area contributed by atoms with Gasteiger partial charge in [0.25, 0.3) is 0 Å². The Morgan fingerprint density at radius 2 is 1.52 bits per heavy atom. The molecular formula is C18H21NO2. The van der Waals surface area contributed by atoms with E-state index in [9.17, 15) is 5.21 Å². The van der Waals surface area contributed by atoms with E-state index in [0.717, 1.165) is 16.9 Å². The van der Waals surface area contributed by atoms with Gasteiger partial charge in [-0.1, -0.05) is 48.8 Å². The zero-order valence-corrected chi connectivity index (χ0v) is 12.7. The van der Waals surface area contributed by atoms with Crippen molar-refractivity contribution in [3.8, 4) is 5.75 Å². The highest BCUT2D eigenvalue weighted by Crippen LogP contribution is 2.17. The maximum Gasteiger partial charge on any atom is 0.119 e. The summed E-state index contributed by atoms with van der Waals surface area (Å²) >= 11 is 0. The van der Waals surface area contributed by atoms with E-state index in [4.69, 9.17) is 4.74 Å². The first-order valence-corrected chi connectivity index (χ1v) is 7.12. The lowest BCUT2D eigenvalue weighted by Crippen LogP contribution is -2.06. The summed E-state index contributed by atoms with van der Waals surface area (Å²) in [6, 6.07) is 15.5. The average Bonchev–Trinajstić information content (AvgIpc) is 2.49. The Labute approximate surface area is 125 Å². The molecule has 0 spiro atoms. The summed E-state index contributed by atoms with van der Waals surface area (Å²) in [5.74, 6) is 1.32. The molecule has 0 aliphatic rings. The number of benzene rings is 2. The highest BCUT2D eigenvalue weighted by atomic mass is 16.5. The van der Waals surface area contributed by atoms with E-state index >= 15 is 0 Å². The first-order chi connectivity index (χ1) is 10.1. The minimum absolute atomic E-state index is 0.492. The second-order valence-electron chi connectivity index (χ2n) is 5.54. The number of nitrogens with zero attached hydrogens (tertiary/aromatic N) is 1. The van der Waals surface area contributed by atoms with Crippen molar-refractivity contribution in [3.05, 3.63) is 65.2 Å². The summed E-state index contributed by atoms with van der Waals surface area (Å²) in [4.78, 5) is 0. The summed E-state index contributed by atoms with van der Waals surface area (Å²) < 4.78 is 5.65. The fourth-order valence-electron chi connectivity index (χ4n) is 1.97. The Balaban J connectivity index is 2.18. The van der Waals surface area contributed by atoms with E-state index in [0.29, 0.717) is 18.2 Å². The molecule has 0 fully saturated rings. The van der Waals surface area contributed by atoms with Gasteiger partial charge in [-0.25, -0.2) is 0 Å². The molecule has 0 amide bonds. The summed E-state index contributed by atoms with van der Waals surface area (Å²) in [7, 11) is 0. The van der Waals surface area contributed by atoms with Crippen LogP contribution in [0.1, 0.15) is 30.5 Å². The molecule has 0 aliphatic carbocycles. The van der Waals surface area contributed by atoms with Gasteiger partial charge in [0.05, 0.1) is 6.61 Å². The molecule has 0 saturated carbocycles. The molecule has 0 radical (unpaired) electrons. The van der Waals surface area contributed by atoms with Crippen LogP contribution in [0.4, 0.5) is 0 Å². The van der Waals surface area contributed by atoms with Gasteiger partial charge in [0, 0.05) is 11.1 Å². The lowest BCUT2D eigenvalue weighted by molar-refractivity contribution is 0.271. The van der Waals surface area contributed by atoms with E-state index in [1.807, 2.05) is 55.5 Å². The lowest BCUT2D eigenvalue weighted by Gasteiger charge is -2.10. The highest BCUT2D eigenvalue weighted by molar-refractivity contribution is 6.12. The Hall–Kier alpha value is -2.29. The predicted octanol–water partition coefficient (Wildman–Crippen LogP) is 4.26. The van der Waals surface area contributed by atoms with Gasteiger partial charge in [-0.05, 0) is 37.1 Å². The Morgan fingerprint density at radius 3 is 2.00 bits per heavy atom. The number of ether oxygens (including phenoxy) is 1. The van der Waals surface area contributed by atoms with E-state index in [1.165, 1.54) is 5.56 Å². The van der Waals surface area contributed by atoms with Gasteiger partial charge in [-0.15, -0.1) is 0 Å². The number of rotatable bonds is 5. The zero-order chi connectivity index (χ0) is 15.2. The van der Waals surface area contributed by atoms with E-state index < -0.39 is 0 Å². The standard InChI is InChI=1S/C18H21NO2/c1-13(2)12-21-17-10-8-16(9-11-17)18(19-20)15-6-4-14(3)5-7-15/h4-11,13,20H,12H2,1-3H3. The predicted molar refractivity (Wildman–Crippen MR) is 85.4 cm³/mol. The van der Waals surface area contributed by atoms with Crippen molar-refractivity contribution in [1.82, 2.24) is 0 Å². The largest absolute Gasteiger partial charge is 0.493 e. The van der Waals surface area contributed by atoms with Crippen molar-refractivity contribution >= 4 is 5.71 Å². The average molecular weight is 283 g/mol. The molecule has 2 aromatic rings. The van der Waals surface area contributed by atoms with Crippen molar-refractivity contribution in [2.75, 3.05) is 6.61 Å². The maximum atomic E-state index is 9.30. The van der Waals surface area contributed by atoms with Crippen LogP contribution in [0.3, 0.4) is 0 Å². The molecule has 21 heavy (non-hydrogen) atoms. The molecule has 0 atom stereocenters. The highest BCUT2D eigenvalue weighted by Gasteiger charge is 2.08. The summed E-state index contributed by atoms with van der Waals surface area (Å²) in [5, 5.41) is 12.7. The van der Waals surface area contributed by atoms with Crippen LogP contribution in [0, 0.1) is 12.8 Å². The number of hydrogen-bond acceptors (Lipinski definition) is 3. The molecule has 3 nitrogen and oxygen atoms in total. The minimum atomic E-state index is 0.492. The van der Waals surface area contributed by atoms with E-state index in [2.05, 4.69) is 19.0 Å².